The number of fused-ring (bicyclic) bond motifs is 1. The molecule has 10 nitrogen and oxygen atoms in total. The maximum absolute atomic E-state index is 13.4. The number of para-hydroxylation sites is 2. The Hall–Kier alpha value is -4.64. The zero-order valence-electron chi connectivity index (χ0n) is 23.1. The van der Waals surface area contributed by atoms with Crippen molar-refractivity contribution in [2.75, 3.05) is 16.2 Å². The Bertz CT molecular complexity index is 1830. The molecule has 11 heteroatoms. The van der Waals surface area contributed by atoms with Gasteiger partial charge in [0.2, 0.25) is 0 Å². The van der Waals surface area contributed by atoms with Crippen LogP contribution in [0.5, 0.6) is 0 Å². The van der Waals surface area contributed by atoms with Gasteiger partial charge in [0.05, 0.1) is 21.8 Å². The number of esters is 1. The average Bonchev–Trinajstić information content (AvgIpc) is 3.39. The number of hydrogen-bond acceptors (Lipinski definition) is 6. The number of hydrogen-bond donors (Lipinski definition) is 1. The van der Waals surface area contributed by atoms with Gasteiger partial charge in [-0.15, -0.1) is 0 Å². The van der Waals surface area contributed by atoms with E-state index in [2.05, 4.69) is 4.72 Å². The van der Waals surface area contributed by atoms with Crippen molar-refractivity contribution in [3.05, 3.63) is 106 Å². The number of nitrogens with zero attached hydrogens (tertiary/aromatic N) is 3. The van der Waals surface area contributed by atoms with Crippen molar-refractivity contribution >= 4 is 33.3 Å². The molecule has 212 valence electrons. The molecule has 1 amide bonds. The molecule has 1 aliphatic rings. The fourth-order valence-electron chi connectivity index (χ4n) is 5.09. The van der Waals surface area contributed by atoms with Crippen LogP contribution in [0.25, 0.3) is 5.69 Å². The predicted octanol–water partition coefficient (Wildman–Crippen LogP) is 3.73. The second-order valence-electron chi connectivity index (χ2n) is 10.0. The van der Waals surface area contributed by atoms with E-state index in [1.54, 1.807) is 54.7 Å². The van der Waals surface area contributed by atoms with E-state index in [1.807, 2.05) is 37.3 Å². The van der Waals surface area contributed by atoms with Crippen molar-refractivity contribution in [1.82, 2.24) is 9.36 Å². The lowest BCUT2D eigenvalue weighted by atomic mass is 10.1. The third-order valence-corrected chi connectivity index (χ3v) is 8.68. The number of rotatable bonds is 7. The lowest BCUT2D eigenvalue weighted by molar-refractivity contribution is -0.122. The van der Waals surface area contributed by atoms with Crippen LogP contribution in [0.3, 0.4) is 0 Å². The molecule has 1 aliphatic heterocycles. The number of amides is 1. The molecule has 0 aliphatic carbocycles. The fourth-order valence-corrected chi connectivity index (χ4v) is 6.23. The lowest BCUT2D eigenvalue weighted by Crippen LogP contribution is -2.38. The summed E-state index contributed by atoms with van der Waals surface area (Å²) in [7, 11) is -2.60. The van der Waals surface area contributed by atoms with Gasteiger partial charge in [-0.05, 0) is 68.7 Å². The van der Waals surface area contributed by atoms with Crippen LogP contribution in [0.1, 0.15) is 34.1 Å². The minimum atomic E-state index is -4.26. The van der Waals surface area contributed by atoms with Crippen LogP contribution in [-0.2, 0) is 33.0 Å². The average molecular weight is 575 g/mol. The van der Waals surface area contributed by atoms with E-state index in [-0.39, 0.29) is 28.1 Å². The van der Waals surface area contributed by atoms with Crippen molar-refractivity contribution < 1.29 is 22.7 Å². The van der Waals surface area contributed by atoms with E-state index in [9.17, 15) is 22.8 Å². The van der Waals surface area contributed by atoms with Gasteiger partial charge in [0.15, 0.2) is 6.61 Å². The van der Waals surface area contributed by atoms with Gasteiger partial charge in [0, 0.05) is 18.8 Å². The third-order valence-electron chi connectivity index (χ3n) is 7.33. The molecule has 0 radical (unpaired) electrons. The standard InChI is InChI=1S/C30H30N4O6S/c1-19-14-15-24(41(38,39)31-28-21(3)32(4)34(29(28)36)23-11-6-5-7-12-23)17-25(19)30(37)40-18-27(35)33-20(2)16-22-10-8-9-13-26(22)33/h5-15,17,20,31H,16,18H2,1-4H3. The van der Waals surface area contributed by atoms with Crippen LogP contribution in [0.4, 0.5) is 11.4 Å². The molecule has 4 aromatic rings. The number of carbonyl (C=O) groups excluding carboxylic acids is 2. The molecule has 0 saturated heterocycles. The number of aryl methyl sites for hydroxylation is 1. The Kier molecular flexibility index (Phi) is 7.31. The van der Waals surface area contributed by atoms with Crippen LogP contribution in [0, 0.1) is 13.8 Å². The summed E-state index contributed by atoms with van der Waals surface area (Å²) in [5.41, 5.74) is 2.66. The van der Waals surface area contributed by atoms with Crippen molar-refractivity contribution in [3.8, 4) is 5.69 Å². The minimum Gasteiger partial charge on any atom is -0.452 e. The highest BCUT2D eigenvalue weighted by Gasteiger charge is 2.31. The maximum atomic E-state index is 13.4. The molecular weight excluding hydrogens is 544 g/mol. The Morgan fingerprint density at radius 2 is 1.68 bits per heavy atom. The van der Waals surface area contributed by atoms with E-state index < -0.39 is 28.2 Å². The summed E-state index contributed by atoms with van der Waals surface area (Å²) in [4.78, 5) is 40.6. The van der Waals surface area contributed by atoms with Gasteiger partial charge in [-0.2, -0.15) is 0 Å². The van der Waals surface area contributed by atoms with E-state index >= 15 is 0 Å². The molecule has 0 spiro atoms. The first-order valence-electron chi connectivity index (χ1n) is 13.0. The Labute approximate surface area is 237 Å². The fraction of sp³-hybridized carbons (Fsp3) is 0.233. The van der Waals surface area contributed by atoms with Gasteiger partial charge >= 0.3 is 5.97 Å². The van der Waals surface area contributed by atoms with E-state index in [0.717, 1.165) is 11.3 Å². The van der Waals surface area contributed by atoms with Crippen LogP contribution in [0.2, 0.25) is 0 Å². The smallest absolute Gasteiger partial charge is 0.338 e. The Morgan fingerprint density at radius 3 is 2.41 bits per heavy atom. The summed E-state index contributed by atoms with van der Waals surface area (Å²) in [6.07, 6.45) is 0.708. The number of aromatic nitrogens is 2. The number of ether oxygens (including phenoxy) is 1. The molecule has 0 saturated carbocycles. The van der Waals surface area contributed by atoms with Crippen LogP contribution in [-0.4, -0.2) is 42.3 Å². The summed E-state index contributed by atoms with van der Waals surface area (Å²) in [6.45, 7) is 4.71. The van der Waals surface area contributed by atoms with E-state index in [4.69, 9.17) is 4.74 Å². The monoisotopic (exact) mass is 574 g/mol. The van der Waals surface area contributed by atoms with Crippen molar-refractivity contribution in [2.45, 2.75) is 38.1 Å². The highest BCUT2D eigenvalue weighted by molar-refractivity contribution is 7.92. The molecule has 1 atom stereocenters. The Balaban J connectivity index is 1.36. The predicted molar refractivity (Wildman–Crippen MR) is 155 cm³/mol. The topological polar surface area (TPSA) is 120 Å². The Morgan fingerprint density at radius 1 is 1.00 bits per heavy atom. The minimum absolute atomic E-state index is 0.00188. The quantitative estimate of drug-likeness (QED) is 0.336. The molecule has 1 unspecified atom stereocenters. The molecule has 41 heavy (non-hydrogen) atoms. The van der Waals surface area contributed by atoms with Crippen LogP contribution in [0.15, 0.2) is 82.5 Å². The van der Waals surface area contributed by atoms with Gasteiger partial charge in [0.25, 0.3) is 21.5 Å². The molecule has 5 rings (SSSR count). The third kappa shape index (κ3) is 5.16. The lowest BCUT2D eigenvalue weighted by Gasteiger charge is -2.22. The molecule has 0 fully saturated rings. The number of benzene rings is 3. The summed E-state index contributed by atoms with van der Waals surface area (Å²) in [5.74, 6) is -1.19. The molecule has 0 bridgehead atoms. The van der Waals surface area contributed by atoms with Crippen molar-refractivity contribution in [1.29, 1.82) is 0 Å². The summed E-state index contributed by atoms with van der Waals surface area (Å²) in [5, 5.41) is 0. The molecular formula is C30H30N4O6S. The first-order valence-corrected chi connectivity index (χ1v) is 14.5. The van der Waals surface area contributed by atoms with Gasteiger partial charge in [-0.3, -0.25) is 19.0 Å². The van der Waals surface area contributed by atoms with Crippen LogP contribution >= 0.6 is 0 Å². The highest BCUT2D eigenvalue weighted by Crippen LogP contribution is 2.32. The first-order chi connectivity index (χ1) is 19.5. The normalized spacial score (nSPS) is 14.5. The summed E-state index contributed by atoms with van der Waals surface area (Å²) < 4.78 is 37.4. The first kappa shape index (κ1) is 27.9. The maximum Gasteiger partial charge on any atom is 0.338 e. The summed E-state index contributed by atoms with van der Waals surface area (Å²) in [6, 6.07) is 20.4. The zero-order valence-corrected chi connectivity index (χ0v) is 23.9. The summed E-state index contributed by atoms with van der Waals surface area (Å²) >= 11 is 0. The highest BCUT2D eigenvalue weighted by atomic mass is 32.2. The molecule has 2 heterocycles. The number of sulfonamides is 1. The van der Waals surface area contributed by atoms with Gasteiger partial charge in [-0.25, -0.2) is 17.9 Å². The SMILES string of the molecule is Cc1ccc(S(=O)(=O)Nc2c(C)n(C)n(-c3ccccc3)c2=O)cc1C(=O)OCC(=O)N1c2ccccc2CC1C. The van der Waals surface area contributed by atoms with Crippen molar-refractivity contribution in [2.24, 2.45) is 7.05 Å². The van der Waals surface area contributed by atoms with Gasteiger partial charge in [0.1, 0.15) is 5.69 Å². The molecule has 1 aromatic heterocycles. The number of nitrogens with one attached hydrogen (secondary N) is 1. The van der Waals surface area contributed by atoms with E-state index in [0.29, 0.717) is 23.4 Å². The zero-order chi connectivity index (χ0) is 29.5. The van der Waals surface area contributed by atoms with E-state index in [1.165, 1.54) is 22.9 Å². The van der Waals surface area contributed by atoms with Gasteiger partial charge in [-0.1, -0.05) is 42.5 Å². The van der Waals surface area contributed by atoms with Crippen molar-refractivity contribution in [3.63, 3.8) is 0 Å². The molecule has 1 N–H and O–H groups in total. The largest absolute Gasteiger partial charge is 0.452 e. The second-order valence-corrected chi connectivity index (χ2v) is 11.7. The second kappa shape index (κ2) is 10.7. The number of carbonyl (C=O) groups is 2. The van der Waals surface area contributed by atoms with Gasteiger partial charge < -0.3 is 9.64 Å². The van der Waals surface area contributed by atoms with Crippen LogP contribution < -0.4 is 15.2 Å². The molecule has 3 aromatic carbocycles. The number of anilines is 2.